The molecule has 0 aliphatic carbocycles. The summed E-state index contributed by atoms with van der Waals surface area (Å²) in [6, 6.07) is 7.86. The molecule has 0 saturated carbocycles. The van der Waals surface area contributed by atoms with Gasteiger partial charge in [0.1, 0.15) is 6.04 Å². The lowest BCUT2D eigenvalue weighted by atomic mass is 9.93. The van der Waals surface area contributed by atoms with E-state index in [1.807, 2.05) is 24.3 Å². The van der Waals surface area contributed by atoms with Crippen LogP contribution in [0.15, 0.2) is 24.3 Å². The first-order chi connectivity index (χ1) is 12.1. The van der Waals surface area contributed by atoms with Crippen molar-refractivity contribution in [3.8, 4) is 0 Å². The van der Waals surface area contributed by atoms with Crippen LogP contribution < -0.4 is 5.32 Å². The molecule has 0 spiro atoms. The first-order valence-electron chi connectivity index (χ1n) is 8.99. The van der Waals surface area contributed by atoms with Gasteiger partial charge in [-0.15, -0.1) is 0 Å². The summed E-state index contributed by atoms with van der Waals surface area (Å²) in [6.45, 7) is 8.02. The van der Waals surface area contributed by atoms with E-state index in [0.717, 1.165) is 37.4 Å². The highest BCUT2D eigenvalue weighted by atomic mass is 16.5. The maximum Gasteiger partial charge on any atom is 0.243 e. The Morgan fingerprint density at radius 1 is 1.24 bits per heavy atom. The zero-order valence-corrected chi connectivity index (χ0v) is 15.0. The molecular weight excluding hydrogens is 318 g/mol. The van der Waals surface area contributed by atoms with Crippen molar-refractivity contribution >= 4 is 11.8 Å². The first kappa shape index (κ1) is 17.9. The second-order valence-electron chi connectivity index (χ2n) is 6.88. The zero-order valence-electron chi connectivity index (χ0n) is 15.0. The van der Waals surface area contributed by atoms with Gasteiger partial charge in [0.15, 0.2) is 0 Å². The molecule has 1 aromatic rings. The van der Waals surface area contributed by atoms with Gasteiger partial charge < -0.3 is 15.0 Å². The van der Waals surface area contributed by atoms with Crippen LogP contribution in [0.25, 0.3) is 0 Å². The molecule has 6 nitrogen and oxygen atoms in total. The van der Waals surface area contributed by atoms with E-state index in [0.29, 0.717) is 19.5 Å². The molecule has 136 valence electrons. The van der Waals surface area contributed by atoms with Crippen molar-refractivity contribution in [1.29, 1.82) is 0 Å². The standard InChI is InChI=1S/C19H27N3O3/c1-14(21-7-9-25-10-8-21)12-20-19(24)18-11-16-5-3-4-6-17(16)13-22(18)15(2)23/h3-6,14,18H,7-13H2,1-2H3,(H,20,24)/t14-,18-/m0/s1. The number of ether oxygens (including phenoxy) is 1. The summed E-state index contributed by atoms with van der Waals surface area (Å²) >= 11 is 0. The minimum Gasteiger partial charge on any atom is -0.379 e. The number of rotatable bonds is 4. The average molecular weight is 345 g/mol. The largest absolute Gasteiger partial charge is 0.379 e. The van der Waals surface area contributed by atoms with E-state index in [4.69, 9.17) is 4.74 Å². The maximum atomic E-state index is 12.8. The van der Waals surface area contributed by atoms with Crippen LogP contribution in [0.2, 0.25) is 0 Å². The lowest BCUT2D eigenvalue weighted by Crippen LogP contribution is -2.54. The fourth-order valence-corrected chi connectivity index (χ4v) is 3.60. The fraction of sp³-hybridized carbons (Fsp3) is 0.579. The zero-order chi connectivity index (χ0) is 17.8. The van der Waals surface area contributed by atoms with Gasteiger partial charge in [-0.1, -0.05) is 24.3 Å². The quantitative estimate of drug-likeness (QED) is 0.877. The molecule has 1 fully saturated rings. The third kappa shape index (κ3) is 4.19. The second kappa shape index (κ2) is 7.97. The van der Waals surface area contributed by atoms with Crippen molar-refractivity contribution in [3.63, 3.8) is 0 Å². The molecule has 1 saturated heterocycles. The van der Waals surface area contributed by atoms with Crippen molar-refractivity contribution in [1.82, 2.24) is 15.1 Å². The van der Waals surface area contributed by atoms with Gasteiger partial charge in [-0.2, -0.15) is 0 Å². The van der Waals surface area contributed by atoms with Crippen LogP contribution in [0.5, 0.6) is 0 Å². The monoisotopic (exact) mass is 345 g/mol. The molecule has 2 aliphatic heterocycles. The summed E-state index contributed by atoms with van der Waals surface area (Å²) in [4.78, 5) is 28.8. The molecule has 2 aliphatic rings. The van der Waals surface area contributed by atoms with Crippen LogP contribution in [0, 0.1) is 0 Å². The molecule has 2 atom stereocenters. The molecule has 0 radical (unpaired) electrons. The van der Waals surface area contributed by atoms with Crippen molar-refractivity contribution < 1.29 is 14.3 Å². The molecule has 2 heterocycles. The molecule has 6 heteroatoms. The summed E-state index contributed by atoms with van der Waals surface area (Å²) in [5, 5.41) is 3.05. The number of carbonyl (C=O) groups is 2. The molecule has 1 aromatic carbocycles. The number of nitrogens with one attached hydrogen (secondary N) is 1. The number of hydrogen-bond donors (Lipinski definition) is 1. The van der Waals surface area contributed by atoms with Crippen molar-refractivity contribution in [2.24, 2.45) is 0 Å². The fourth-order valence-electron chi connectivity index (χ4n) is 3.60. The molecule has 3 rings (SSSR count). The average Bonchev–Trinajstić information content (AvgIpc) is 2.65. The molecule has 25 heavy (non-hydrogen) atoms. The molecule has 2 amide bonds. The highest BCUT2D eigenvalue weighted by Crippen LogP contribution is 2.23. The molecule has 0 unspecified atom stereocenters. The van der Waals surface area contributed by atoms with Crippen LogP contribution >= 0.6 is 0 Å². The van der Waals surface area contributed by atoms with Crippen LogP contribution in [0.3, 0.4) is 0 Å². The van der Waals surface area contributed by atoms with Crippen molar-refractivity contribution in [2.45, 2.75) is 38.9 Å². The highest BCUT2D eigenvalue weighted by Gasteiger charge is 2.33. The third-order valence-electron chi connectivity index (χ3n) is 5.20. The number of amides is 2. The summed E-state index contributed by atoms with van der Waals surface area (Å²) in [6.07, 6.45) is 0.577. The Morgan fingerprint density at radius 2 is 1.92 bits per heavy atom. The summed E-state index contributed by atoms with van der Waals surface area (Å²) < 4.78 is 5.37. The Bertz CT molecular complexity index is 628. The van der Waals surface area contributed by atoms with Crippen LogP contribution in [-0.4, -0.2) is 66.5 Å². The Labute approximate surface area is 149 Å². The Balaban J connectivity index is 1.62. The van der Waals surface area contributed by atoms with Gasteiger partial charge in [-0.05, 0) is 18.1 Å². The predicted molar refractivity (Wildman–Crippen MR) is 95.0 cm³/mol. The third-order valence-corrected chi connectivity index (χ3v) is 5.20. The minimum absolute atomic E-state index is 0.0594. The van der Waals surface area contributed by atoms with Crippen molar-refractivity contribution in [2.75, 3.05) is 32.8 Å². The van der Waals surface area contributed by atoms with E-state index in [1.54, 1.807) is 4.90 Å². The van der Waals surface area contributed by atoms with Crippen molar-refractivity contribution in [3.05, 3.63) is 35.4 Å². The van der Waals surface area contributed by atoms with E-state index in [2.05, 4.69) is 17.1 Å². The van der Waals surface area contributed by atoms with Gasteiger partial charge in [0.2, 0.25) is 11.8 Å². The van der Waals surface area contributed by atoms with Gasteiger partial charge in [-0.3, -0.25) is 14.5 Å². The van der Waals surface area contributed by atoms with Crippen LogP contribution in [-0.2, 0) is 27.3 Å². The SMILES string of the molecule is CC(=O)N1Cc2ccccc2C[C@H]1C(=O)NC[C@H](C)N1CCOCC1. The van der Waals surface area contributed by atoms with Crippen LogP contribution in [0.4, 0.5) is 0 Å². The number of hydrogen-bond acceptors (Lipinski definition) is 4. The van der Waals surface area contributed by atoms with E-state index in [1.165, 1.54) is 6.92 Å². The Hall–Kier alpha value is -1.92. The van der Waals surface area contributed by atoms with Crippen LogP contribution in [0.1, 0.15) is 25.0 Å². The summed E-state index contributed by atoms with van der Waals surface area (Å²) in [7, 11) is 0. The van der Waals surface area contributed by atoms with E-state index in [9.17, 15) is 9.59 Å². The first-order valence-corrected chi connectivity index (χ1v) is 8.99. The van der Waals surface area contributed by atoms with Gasteiger partial charge >= 0.3 is 0 Å². The topological polar surface area (TPSA) is 61.9 Å². The van der Waals surface area contributed by atoms with E-state index in [-0.39, 0.29) is 17.9 Å². The number of fused-ring (bicyclic) bond motifs is 1. The van der Waals surface area contributed by atoms with E-state index >= 15 is 0 Å². The highest BCUT2D eigenvalue weighted by molar-refractivity contribution is 5.87. The number of carbonyl (C=O) groups excluding carboxylic acids is 2. The van der Waals surface area contributed by atoms with E-state index < -0.39 is 6.04 Å². The van der Waals surface area contributed by atoms with Gasteiger partial charge in [-0.25, -0.2) is 0 Å². The number of morpholine rings is 1. The second-order valence-corrected chi connectivity index (χ2v) is 6.88. The molecular formula is C19H27N3O3. The van der Waals surface area contributed by atoms with Gasteiger partial charge in [0, 0.05) is 45.6 Å². The maximum absolute atomic E-state index is 12.8. The summed E-state index contributed by atoms with van der Waals surface area (Å²) in [5.74, 6) is -0.124. The van der Waals surface area contributed by atoms with Gasteiger partial charge in [0.05, 0.1) is 13.2 Å². The molecule has 0 aromatic heterocycles. The Kier molecular flexibility index (Phi) is 5.71. The smallest absolute Gasteiger partial charge is 0.243 e. The number of benzene rings is 1. The normalized spacial score (nSPS) is 22.2. The molecule has 1 N–H and O–H groups in total. The number of nitrogens with zero attached hydrogens (tertiary/aromatic N) is 2. The lowest BCUT2D eigenvalue weighted by molar-refractivity contribution is -0.140. The lowest BCUT2D eigenvalue weighted by Gasteiger charge is -2.36. The Morgan fingerprint density at radius 3 is 2.60 bits per heavy atom. The van der Waals surface area contributed by atoms with Gasteiger partial charge in [0.25, 0.3) is 0 Å². The predicted octanol–water partition coefficient (Wildman–Crippen LogP) is 0.797. The minimum atomic E-state index is -0.427. The molecule has 0 bridgehead atoms. The summed E-state index contributed by atoms with van der Waals surface area (Å²) in [5.41, 5.74) is 2.28.